The van der Waals surface area contributed by atoms with Crippen molar-refractivity contribution in [1.82, 2.24) is 4.98 Å². The van der Waals surface area contributed by atoms with Crippen molar-refractivity contribution in [3.05, 3.63) is 18.0 Å². The van der Waals surface area contributed by atoms with Gasteiger partial charge in [-0.05, 0) is 0 Å². The summed E-state index contributed by atoms with van der Waals surface area (Å²) in [5.74, 6) is -0.448. The number of hydrogen-bond donors (Lipinski definition) is 1. The van der Waals surface area contributed by atoms with Crippen LogP contribution in [0.15, 0.2) is 12.3 Å². The zero-order valence-corrected chi connectivity index (χ0v) is 13.1. The van der Waals surface area contributed by atoms with Crippen LogP contribution in [0.2, 0.25) is 14.8 Å². The van der Waals surface area contributed by atoms with Crippen LogP contribution in [-0.2, 0) is 4.74 Å². The van der Waals surface area contributed by atoms with E-state index < -0.39 is 24.3 Å². The molecule has 1 aromatic rings. The maximum atomic E-state index is 11.5. The number of hydrogen-bond acceptors (Lipinski definition) is 4. The van der Waals surface area contributed by atoms with Gasteiger partial charge >= 0.3 is 100 Å². The standard InChI is InChI=1S/C8H9N2O2.3CH3.Sn/c1-2-12-8(11)7-6(9)4-3-5-10-7;;;;/h4-5H,2,9H2,1H3;3*1H3;. The Balaban J connectivity index is 3.05. The molecular formula is C11H18N2O2Sn. The Labute approximate surface area is 100 Å². The number of pyridine rings is 1. The molecule has 0 aromatic carbocycles. The fourth-order valence-electron chi connectivity index (χ4n) is 1.26. The first kappa shape index (κ1) is 13.3. The SMILES string of the molecule is CCOC(=O)c1nc[c]([Sn]([CH3])([CH3])[CH3])cc1N. The first-order chi connectivity index (χ1) is 7.36. The molecule has 0 saturated carbocycles. The van der Waals surface area contributed by atoms with E-state index in [9.17, 15) is 4.79 Å². The molecule has 1 heterocycles. The van der Waals surface area contributed by atoms with E-state index in [4.69, 9.17) is 10.5 Å². The average Bonchev–Trinajstić information content (AvgIpc) is 2.16. The van der Waals surface area contributed by atoms with E-state index >= 15 is 0 Å². The molecule has 16 heavy (non-hydrogen) atoms. The van der Waals surface area contributed by atoms with E-state index in [1.807, 2.05) is 6.07 Å². The van der Waals surface area contributed by atoms with Gasteiger partial charge in [0.25, 0.3) is 0 Å². The van der Waals surface area contributed by atoms with Crippen LogP contribution in [0, 0.1) is 0 Å². The summed E-state index contributed by atoms with van der Waals surface area (Å²) >= 11 is -2.15. The predicted molar refractivity (Wildman–Crippen MR) is 67.6 cm³/mol. The average molecular weight is 329 g/mol. The van der Waals surface area contributed by atoms with Gasteiger partial charge in [0.05, 0.1) is 0 Å². The molecule has 0 bridgehead atoms. The van der Waals surface area contributed by atoms with Crippen LogP contribution in [0.3, 0.4) is 0 Å². The van der Waals surface area contributed by atoms with E-state index in [0.29, 0.717) is 12.3 Å². The molecule has 0 amide bonds. The second kappa shape index (κ2) is 5.03. The quantitative estimate of drug-likeness (QED) is 0.672. The Bertz CT molecular complexity index is 399. The normalized spacial score (nSPS) is 11.2. The number of carbonyl (C=O) groups excluding carboxylic acids is 1. The third-order valence-electron chi connectivity index (χ3n) is 2.25. The molecule has 5 heteroatoms. The number of nitrogens with two attached hydrogens (primary N) is 1. The van der Waals surface area contributed by atoms with Gasteiger partial charge in [-0.1, -0.05) is 0 Å². The van der Waals surface area contributed by atoms with Crippen molar-refractivity contribution in [2.45, 2.75) is 21.7 Å². The van der Waals surface area contributed by atoms with Gasteiger partial charge in [0.15, 0.2) is 0 Å². The molecule has 1 aromatic heterocycles. The van der Waals surface area contributed by atoms with E-state index in [2.05, 4.69) is 19.8 Å². The number of nitrogens with zero attached hydrogens (tertiary/aromatic N) is 1. The summed E-state index contributed by atoms with van der Waals surface area (Å²) in [4.78, 5) is 22.4. The fourth-order valence-corrected chi connectivity index (χ4v) is 4.23. The van der Waals surface area contributed by atoms with Gasteiger partial charge in [0, 0.05) is 0 Å². The summed E-state index contributed by atoms with van der Waals surface area (Å²) in [5.41, 5.74) is 6.46. The van der Waals surface area contributed by atoms with E-state index in [1.165, 1.54) is 3.58 Å². The van der Waals surface area contributed by atoms with E-state index in [1.54, 1.807) is 13.1 Å². The maximum absolute atomic E-state index is 11.5. The van der Waals surface area contributed by atoms with Gasteiger partial charge in [-0.2, -0.15) is 0 Å². The number of aromatic nitrogens is 1. The Morgan fingerprint density at radius 2 is 2.12 bits per heavy atom. The van der Waals surface area contributed by atoms with Gasteiger partial charge in [0.1, 0.15) is 0 Å². The van der Waals surface area contributed by atoms with Crippen molar-refractivity contribution in [3.63, 3.8) is 0 Å². The van der Waals surface area contributed by atoms with Crippen molar-refractivity contribution in [2.24, 2.45) is 0 Å². The van der Waals surface area contributed by atoms with Crippen LogP contribution >= 0.6 is 0 Å². The second-order valence-electron chi connectivity index (χ2n) is 4.63. The van der Waals surface area contributed by atoms with Gasteiger partial charge in [-0.25, -0.2) is 0 Å². The molecule has 0 aliphatic rings. The van der Waals surface area contributed by atoms with Crippen LogP contribution in [0.1, 0.15) is 17.4 Å². The molecule has 0 fully saturated rings. The zero-order chi connectivity index (χ0) is 12.3. The number of rotatable bonds is 3. The first-order valence-corrected chi connectivity index (χ1v) is 15.3. The van der Waals surface area contributed by atoms with Crippen molar-refractivity contribution in [3.8, 4) is 0 Å². The minimum absolute atomic E-state index is 0.223. The zero-order valence-electron chi connectivity index (χ0n) is 10.2. The van der Waals surface area contributed by atoms with Crippen LogP contribution in [0.4, 0.5) is 5.69 Å². The summed E-state index contributed by atoms with van der Waals surface area (Å²) in [6.45, 7) is 2.09. The Hall–Kier alpha value is -0.781. The number of ether oxygens (including phenoxy) is 1. The van der Waals surface area contributed by atoms with E-state index in [-0.39, 0.29) is 5.69 Å². The minimum atomic E-state index is -2.15. The number of carbonyl (C=O) groups is 1. The predicted octanol–water partition coefficient (Wildman–Crippen LogP) is 1.39. The molecule has 2 N–H and O–H groups in total. The van der Waals surface area contributed by atoms with Crippen molar-refractivity contribution in [1.29, 1.82) is 0 Å². The third-order valence-corrected chi connectivity index (χ3v) is 7.98. The third kappa shape index (κ3) is 3.10. The van der Waals surface area contributed by atoms with Gasteiger partial charge in [-0.15, -0.1) is 0 Å². The van der Waals surface area contributed by atoms with Crippen LogP contribution < -0.4 is 9.31 Å². The summed E-state index contributed by atoms with van der Waals surface area (Å²) in [7, 11) is 0. The number of nitrogen functional groups attached to an aromatic ring is 1. The van der Waals surface area contributed by atoms with Crippen LogP contribution in [0.5, 0.6) is 0 Å². The van der Waals surface area contributed by atoms with E-state index in [0.717, 1.165) is 0 Å². The van der Waals surface area contributed by atoms with Gasteiger partial charge in [0.2, 0.25) is 0 Å². The summed E-state index contributed by atoms with van der Waals surface area (Å²) in [6.07, 6.45) is 1.76. The Morgan fingerprint density at radius 1 is 1.50 bits per heavy atom. The molecule has 1 rings (SSSR count). The topological polar surface area (TPSA) is 65.2 Å². The van der Waals surface area contributed by atoms with Crippen LogP contribution in [0.25, 0.3) is 0 Å². The van der Waals surface area contributed by atoms with Crippen molar-refractivity contribution >= 4 is 33.6 Å². The van der Waals surface area contributed by atoms with Crippen LogP contribution in [-0.4, -0.2) is 35.9 Å². The molecule has 0 radical (unpaired) electrons. The molecule has 0 spiro atoms. The summed E-state index contributed by atoms with van der Waals surface area (Å²) in [6, 6.07) is 1.87. The molecule has 88 valence electrons. The van der Waals surface area contributed by atoms with Crippen molar-refractivity contribution < 1.29 is 9.53 Å². The molecule has 0 aliphatic heterocycles. The van der Waals surface area contributed by atoms with Gasteiger partial charge in [-0.3, -0.25) is 0 Å². The molecule has 0 aliphatic carbocycles. The first-order valence-electron chi connectivity index (χ1n) is 5.29. The van der Waals surface area contributed by atoms with Crippen molar-refractivity contribution in [2.75, 3.05) is 12.3 Å². The monoisotopic (exact) mass is 330 g/mol. The molecule has 4 nitrogen and oxygen atoms in total. The molecule has 0 saturated heterocycles. The Morgan fingerprint density at radius 3 is 2.56 bits per heavy atom. The summed E-state index contributed by atoms with van der Waals surface area (Å²) in [5, 5.41) is 0. The number of esters is 1. The summed E-state index contributed by atoms with van der Waals surface area (Å²) < 4.78 is 6.08. The second-order valence-corrected chi connectivity index (χ2v) is 19.1. The molecule has 0 atom stereocenters. The molecular weight excluding hydrogens is 311 g/mol. The fraction of sp³-hybridized carbons (Fsp3) is 0.455. The van der Waals surface area contributed by atoms with Gasteiger partial charge < -0.3 is 0 Å². The molecule has 0 unspecified atom stereocenters. The number of anilines is 1. The Kier molecular flexibility index (Phi) is 4.18.